The third-order valence-electron chi connectivity index (χ3n) is 7.63. The summed E-state index contributed by atoms with van der Waals surface area (Å²) < 4.78 is 29.8. The molecule has 2 amide bonds. The number of sulfone groups is 1. The first-order valence-electron chi connectivity index (χ1n) is 15.7. The quantitative estimate of drug-likeness (QED) is 0.147. The Morgan fingerprint density at radius 1 is 0.755 bits per heavy atom. The first-order valence-corrected chi connectivity index (χ1v) is 17.3. The van der Waals surface area contributed by atoms with Gasteiger partial charge in [-0.3, -0.25) is 28.8 Å². The number of carbonyl (C=O) groups excluding carboxylic acids is 4. The van der Waals surface area contributed by atoms with Crippen LogP contribution in [0.3, 0.4) is 0 Å². The molecule has 0 unspecified atom stereocenters. The molecular formula is C35H44N2O11S. The van der Waals surface area contributed by atoms with Gasteiger partial charge in [-0.15, -0.1) is 0 Å². The number of hydrogen-bond donors (Lipinski definition) is 4. The van der Waals surface area contributed by atoms with E-state index in [1.54, 1.807) is 74.5 Å². The number of Topliss-reactive ketones (excluding diaryl/α,β-unsaturated/α-hetero) is 1. The summed E-state index contributed by atoms with van der Waals surface area (Å²) in [6, 6.07) is 14.3. The zero-order chi connectivity index (χ0) is 36.7. The van der Waals surface area contributed by atoms with Crippen LogP contribution in [0.5, 0.6) is 0 Å². The van der Waals surface area contributed by atoms with Gasteiger partial charge in [-0.2, -0.15) is 0 Å². The lowest BCUT2D eigenvalue weighted by Crippen LogP contribution is -2.44. The SMILES string of the molecule is CC(C)[C@H](CC(=O)[C@@H](NC(=O)[C@H](CC(=O)O)CC(=O)OCc1ccccc1)c1ccccc1)C(=O)N[C@H](/C=C/S(=O)(=O)C(C)C)CC(=O)O. The normalized spacial score (nSPS) is 14.1. The molecule has 0 saturated carbocycles. The molecule has 49 heavy (non-hydrogen) atoms. The Labute approximate surface area is 286 Å². The predicted octanol–water partition coefficient (Wildman–Crippen LogP) is 3.60. The molecule has 0 aliphatic heterocycles. The summed E-state index contributed by atoms with van der Waals surface area (Å²) in [7, 11) is -3.70. The molecule has 0 fully saturated rings. The Balaban J connectivity index is 2.28. The summed E-state index contributed by atoms with van der Waals surface area (Å²) in [6.45, 7) is 6.16. The second-order valence-electron chi connectivity index (χ2n) is 12.2. The number of carboxylic acids is 2. The maximum atomic E-state index is 13.8. The number of hydrogen-bond acceptors (Lipinski definition) is 9. The fraction of sp³-hybridized carbons (Fsp3) is 0.429. The Kier molecular flexibility index (Phi) is 15.8. The minimum atomic E-state index is -3.70. The number of nitrogens with one attached hydrogen (secondary N) is 2. The number of amides is 2. The van der Waals surface area contributed by atoms with Crippen molar-refractivity contribution in [3.63, 3.8) is 0 Å². The maximum Gasteiger partial charge on any atom is 0.306 e. The van der Waals surface area contributed by atoms with Gasteiger partial charge in [-0.05, 0) is 30.9 Å². The van der Waals surface area contributed by atoms with Crippen molar-refractivity contribution in [1.29, 1.82) is 0 Å². The standard InChI is InChI=1S/C35H44N2O11S/c1-22(2)28(35(45)36-27(19-31(41)42)15-16-49(46,47)23(3)4)20-29(38)33(25-13-9-6-10-14-25)37-34(44)26(17-30(39)40)18-32(43)48-21-24-11-7-5-8-12-24/h5-16,22-23,26-28,33H,17-21H2,1-4H3,(H,36,45)(H,37,44)(H,39,40)(H,41,42)/b16-15+/t26-,27-,28+,33+/m1/s1. The van der Waals surface area contributed by atoms with Gasteiger partial charge in [-0.1, -0.05) is 80.6 Å². The van der Waals surface area contributed by atoms with Crippen molar-refractivity contribution in [2.45, 2.75) is 77.3 Å². The van der Waals surface area contributed by atoms with Crippen molar-refractivity contribution < 1.29 is 52.1 Å². The molecule has 0 aliphatic carbocycles. The zero-order valence-corrected chi connectivity index (χ0v) is 28.7. The van der Waals surface area contributed by atoms with Gasteiger partial charge >= 0.3 is 17.9 Å². The summed E-state index contributed by atoms with van der Waals surface area (Å²) in [6.07, 6.45) is -1.23. The Morgan fingerprint density at radius 3 is 1.86 bits per heavy atom. The third-order valence-corrected chi connectivity index (χ3v) is 9.48. The molecule has 0 aliphatic rings. The van der Waals surface area contributed by atoms with Crippen LogP contribution in [0.25, 0.3) is 0 Å². The molecule has 13 nitrogen and oxygen atoms in total. The molecule has 0 radical (unpaired) electrons. The van der Waals surface area contributed by atoms with E-state index in [1.807, 2.05) is 0 Å². The Morgan fingerprint density at radius 2 is 1.33 bits per heavy atom. The minimum Gasteiger partial charge on any atom is -0.481 e. The fourth-order valence-electron chi connectivity index (χ4n) is 4.69. The lowest BCUT2D eigenvalue weighted by Gasteiger charge is -2.26. The number of aliphatic carboxylic acids is 2. The second kappa shape index (κ2) is 19.2. The van der Waals surface area contributed by atoms with Crippen molar-refractivity contribution in [3.05, 3.63) is 83.3 Å². The Bertz CT molecular complexity index is 1590. The minimum absolute atomic E-state index is 0.0818. The van der Waals surface area contributed by atoms with E-state index in [9.17, 15) is 47.4 Å². The van der Waals surface area contributed by atoms with Crippen molar-refractivity contribution in [1.82, 2.24) is 10.6 Å². The molecule has 0 aromatic heterocycles. The summed E-state index contributed by atoms with van der Waals surface area (Å²) in [4.78, 5) is 76.4. The van der Waals surface area contributed by atoms with E-state index in [-0.39, 0.29) is 6.61 Å². The van der Waals surface area contributed by atoms with Crippen LogP contribution in [0.1, 0.15) is 70.5 Å². The summed E-state index contributed by atoms with van der Waals surface area (Å²) in [5.74, 6) is -8.50. The maximum absolute atomic E-state index is 13.8. The molecule has 0 spiro atoms. The highest BCUT2D eigenvalue weighted by Gasteiger charge is 2.34. The summed E-state index contributed by atoms with van der Waals surface area (Å²) in [5.41, 5.74) is 1.04. The van der Waals surface area contributed by atoms with Crippen LogP contribution in [0.4, 0.5) is 0 Å². The highest BCUT2D eigenvalue weighted by atomic mass is 32.2. The van der Waals surface area contributed by atoms with Crippen molar-refractivity contribution >= 4 is 45.3 Å². The first-order chi connectivity index (χ1) is 23.0. The Hall–Kier alpha value is -4.85. The molecule has 14 heteroatoms. The van der Waals surface area contributed by atoms with Crippen LogP contribution < -0.4 is 10.6 Å². The second-order valence-corrected chi connectivity index (χ2v) is 14.6. The molecule has 2 rings (SSSR count). The summed E-state index contributed by atoms with van der Waals surface area (Å²) >= 11 is 0. The van der Waals surface area contributed by atoms with Gasteiger partial charge in [-0.25, -0.2) is 8.42 Å². The largest absolute Gasteiger partial charge is 0.481 e. The fourth-order valence-corrected chi connectivity index (χ4v) is 5.42. The average Bonchev–Trinajstić information content (AvgIpc) is 3.03. The number of esters is 1. The van der Waals surface area contributed by atoms with E-state index in [4.69, 9.17) is 4.74 Å². The lowest BCUT2D eigenvalue weighted by molar-refractivity contribution is -0.150. The van der Waals surface area contributed by atoms with Crippen molar-refractivity contribution in [2.75, 3.05) is 0 Å². The van der Waals surface area contributed by atoms with Crippen molar-refractivity contribution in [3.8, 4) is 0 Å². The van der Waals surface area contributed by atoms with Gasteiger partial charge in [0.2, 0.25) is 11.8 Å². The van der Waals surface area contributed by atoms with Gasteiger partial charge in [0.05, 0.1) is 36.5 Å². The van der Waals surface area contributed by atoms with Crippen LogP contribution in [0, 0.1) is 17.8 Å². The molecule has 2 aromatic rings. The third kappa shape index (κ3) is 14.0. The first kappa shape index (κ1) is 40.3. The molecule has 0 bridgehead atoms. The van der Waals surface area contributed by atoms with Crippen LogP contribution in [0.15, 0.2) is 72.1 Å². The number of ketones is 1. The van der Waals surface area contributed by atoms with Crippen LogP contribution in [-0.2, 0) is 49.9 Å². The van der Waals surface area contributed by atoms with Crippen LogP contribution in [0.2, 0.25) is 0 Å². The molecule has 4 N–H and O–H groups in total. The van der Waals surface area contributed by atoms with E-state index < -0.39 is 106 Å². The van der Waals surface area contributed by atoms with Gasteiger partial charge in [0.15, 0.2) is 15.6 Å². The van der Waals surface area contributed by atoms with Crippen molar-refractivity contribution in [2.24, 2.45) is 17.8 Å². The van der Waals surface area contributed by atoms with Gasteiger partial charge in [0.1, 0.15) is 12.6 Å². The molecular weight excluding hydrogens is 656 g/mol. The molecule has 0 heterocycles. The van der Waals surface area contributed by atoms with Gasteiger partial charge in [0, 0.05) is 17.7 Å². The smallest absolute Gasteiger partial charge is 0.306 e. The number of benzene rings is 2. The molecule has 4 atom stereocenters. The number of rotatable bonds is 20. The number of carboxylic acid groups (broad SMARTS) is 2. The molecule has 2 aromatic carbocycles. The predicted molar refractivity (Wildman–Crippen MR) is 179 cm³/mol. The van der Waals surface area contributed by atoms with Crippen LogP contribution >= 0.6 is 0 Å². The van der Waals surface area contributed by atoms with E-state index in [2.05, 4.69) is 10.6 Å². The van der Waals surface area contributed by atoms with E-state index in [1.165, 1.54) is 13.8 Å². The topological polar surface area (TPSA) is 210 Å². The molecule has 0 saturated heterocycles. The zero-order valence-electron chi connectivity index (χ0n) is 27.9. The van der Waals surface area contributed by atoms with E-state index >= 15 is 0 Å². The number of ether oxygens (including phenoxy) is 1. The monoisotopic (exact) mass is 700 g/mol. The van der Waals surface area contributed by atoms with Gasteiger partial charge < -0.3 is 25.6 Å². The highest BCUT2D eigenvalue weighted by Crippen LogP contribution is 2.24. The van der Waals surface area contributed by atoms with Crippen LogP contribution in [-0.4, -0.2) is 65.4 Å². The van der Waals surface area contributed by atoms with Gasteiger partial charge in [0.25, 0.3) is 0 Å². The average molecular weight is 701 g/mol. The number of carbonyl (C=O) groups is 6. The summed E-state index contributed by atoms with van der Waals surface area (Å²) in [5, 5.41) is 24.0. The molecule has 266 valence electrons. The lowest BCUT2D eigenvalue weighted by atomic mass is 9.86. The van der Waals surface area contributed by atoms with E-state index in [0.29, 0.717) is 11.1 Å². The highest BCUT2D eigenvalue weighted by molar-refractivity contribution is 7.94. The van der Waals surface area contributed by atoms with E-state index in [0.717, 1.165) is 11.5 Å².